The molecule has 0 saturated carbocycles. The number of amides is 1. The van der Waals surface area contributed by atoms with Crippen LogP contribution in [0, 0.1) is 24.0 Å². The number of fused-ring (bicyclic) bond motifs is 2. The van der Waals surface area contributed by atoms with Crippen LogP contribution in [0.3, 0.4) is 0 Å². The zero-order chi connectivity index (χ0) is 27.6. The van der Waals surface area contributed by atoms with E-state index in [0.717, 1.165) is 21.4 Å². The van der Waals surface area contributed by atoms with E-state index < -0.39 is 22.7 Å². The molecule has 1 amide bonds. The van der Waals surface area contributed by atoms with Crippen molar-refractivity contribution in [2.45, 2.75) is 39.3 Å². The summed E-state index contributed by atoms with van der Waals surface area (Å²) in [5.74, 6) is -1.40. The first-order valence-electron chi connectivity index (χ1n) is 12.4. The molecule has 0 spiro atoms. The molecule has 0 bridgehead atoms. The number of nitro benzene ring substituents is 1. The molecule has 2 aliphatic rings. The number of carbonyl (C=O) groups excluding carboxylic acids is 2. The molecule has 4 aromatic rings. The van der Waals surface area contributed by atoms with Crippen molar-refractivity contribution >= 4 is 49.8 Å². The third-order valence-corrected chi connectivity index (χ3v) is 8.04. The fourth-order valence-electron chi connectivity index (χ4n) is 5.34. The summed E-state index contributed by atoms with van der Waals surface area (Å²) in [6, 6.07) is 13.7. The van der Waals surface area contributed by atoms with Gasteiger partial charge in [-0.2, -0.15) is 0 Å². The van der Waals surface area contributed by atoms with Gasteiger partial charge in [0.15, 0.2) is 5.13 Å². The highest BCUT2D eigenvalue weighted by molar-refractivity contribution is 7.22. The fourth-order valence-corrected chi connectivity index (χ4v) is 6.51. The van der Waals surface area contributed by atoms with Crippen LogP contribution in [0.1, 0.15) is 40.8 Å². The summed E-state index contributed by atoms with van der Waals surface area (Å²) in [5.41, 5.74) is 3.86. The smallest absolute Gasteiger partial charge is 0.301 e. The quantitative estimate of drug-likeness (QED) is 0.114. The molecule has 2 atom stereocenters. The first-order chi connectivity index (χ1) is 18.6. The number of aliphatic hydroxyl groups is 1. The summed E-state index contributed by atoms with van der Waals surface area (Å²) in [5, 5.41) is 23.3. The highest BCUT2D eigenvalue weighted by Gasteiger charge is 2.48. The van der Waals surface area contributed by atoms with Crippen molar-refractivity contribution < 1.29 is 24.4 Å². The largest absolute Gasteiger partial charge is 0.507 e. The number of ether oxygens (including phenoxy) is 1. The summed E-state index contributed by atoms with van der Waals surface area (Å²) in [6.07, 6.45) is 0.628. The van der Waals surface area contributed by atoms with Crippen LogP contribution < -0.4 is 9.64 Å². The molecule has 3 aromatic carbocycles. The van der Waals surface area contributed by atoms with Crippen molar-refractivity contribution in [1.82, 2.24) is 4.98 Å². The van der Waals surface area contributed by atoms with E-state index >= 15 is 0 Å². The molecule has 10 heteroatoms. The van der Waals surface area contributed by atoms with Gasteiger partial charge in [0.1, 0.15) is 17.6 Å². The summed E-state index contributed by atoms with van der Waals surface area (Å²) < 4.78 is 6.60. The van der Waals surface area contributed by atoms with Gasteiger partial charge in [0, 0.05) is 24.1 Å². The number of hydrogen-bond donors (Lipinski definition) is 1. The molecule has 0 radical (unpaired) electrons. The number of hydrogen-bond acceptors (Lipinski definition) is 8. The zero-order valence-electron chi connectivity index (χ0n) is 21.3. The van der Waals surface area contributed by atoms with E-state index in [1.165, 1.54) is 34.4 Å². The number of nitro groups is 1. The Balaban J connectivity index is 1.57. The van der Waals surface area contributed by atoms with Gasteiger partial charge in [-0.1, -0.05) is 29.5 Å². The lowest BCUT2D eigenvalue weighted by atomic mass is 9.94. The van der Waals surface area contributed by atoms with Gasteiger partial charge in [-0.25, -0.2) is 4.98 Å². The summed E-state index contributed by atoms with van der Waals surface area (Å²) in [6.45, 7) is 5.82. The topological polar surface area (TPSA) is 123 Å². The minimum atomic E-state index is -1.12. The zero-order valence-corrected chi connectivity index (χ0v) is 22.1. The van der Waals surface area contributed by atoms with Crippen LogP contribution in [0.5, 0.6) is 5.75 Å². The van der Waals surface area contributed by atoms with Crippen LogP contribution in [0.2, 0.25) is 0 Å². The maximum absolute atomic E-state index is 13.6. The Morgan fingerprint density at radius 1 is 1.15 bits per heavy atom. The van der Waals surface area contributed by atoms with Gasteiger partial charge in [0.25, 0.3) is 11.5 Å². The fraction of sp³-hybridized carbons (Fsp3) is 0.207. The molecule has 1 aromatic heterocycles. The van der Waals surface area contributed by atoms with E-state index in [4.69, 9.17) is 9.72 Å². The van der Waals surface area contributed by atoms with Crippen molar-refractivity contribution in [3.05, 3.63) is 98.1 Å². The van der Waals surface area contributed by atoms with Crippen molar-refractivity contribution in [2.75, 3.05) is 4.90 Å². The van der Waals surface area contributed by atoms with Gasteiger partial charge in [-0.05, 0) is 67.3 Å². The molecule has 3 heterocycles. The van der Waals surface area contributed by atoms with Crippen LogP contribution >= 0.6 is 11.3 Å². The number of thiazole rings is 1. The SMILES string of the molecule is Cc1cc(C)c2nc(N3C(=O)C(=O)/C(=C(\O)c4ccc5c(c4)CC(C)O5)C3c3cccc([N+](=O)[O-])c3)sc2c1. The van der Waals surface area contributed by atoms with Crippen LogP contribution in [-0.4, -0.2) is 32.8 Å². The molecule has 39 heavy (non-hydrogen) atoms. The number of rotatable bonds is 4. The average molecular weight is 542 g/mol. The first-order valence-corrected chi connectivity index (χ1v) is 13.2. The third kappa shape index (κ3) is 4.04. The van der Waals surface area contributed by atoms with Gasteiger partial charge in [0.2, 0.25) is 0 Å². The Kier molecular flexibility index (Phi) is 5.72. The average Bonchev–Trinajstić information content (AvgIpc) is 3.56. The third-order valence-electron chi connectivity index (χ3n) is 7.04. The summed E-state index contributed by atoms with van der Waals surface area (Å²) in [7, 11) is 0. The lowest BCUT2D eigenvalue weighted by molar-refractivity contribution is -0.384. The standard InChI is InChI=1S/C29H23N3O6S/c1-14-9-15(2)24-22(10-14)39-29(30-24)31-25(17-5-4-6-20(13-17)32(36)37)23(27(34)28(31)35)26(33)18-7-8-21-19(12-18)11-16(3)38-21/h4-10,12-13,16,25,33H,11H2,1-3H3/b26-23-. The number of carbonyl (C=O) groups is 2. The highest BCUT2D eigenvalue weighted by atomic mass is 32.1. The summed E-state index contributed by atoms with van der Waals surface area (Å²) >= 11 is 1.25. The van der Waals surface area contributed by atoms with E-state index in [9.17, 15) is 24.8 Å². The van der Waals surface area contributed by atoms with Gasteiger partial charge in [-0.15, -0.1) is 0 Å². The Morgan fingerprint density at radius 2 is 1.95 bits per heavy atom. The van der Waals surface area contributed by atoms with Gasteiger partial charge in [0.05, 0.1) is 26.8 Å². The number of ketones is 1. The molecule has 196 valence electrons. The molecule has 0 aliphatic carbocycles. The molecule has 2 aliphatic heterocycles. The van der Waals surface area contributed by atoms with E-state index in [1.54, 1.807) is 24.3 Å². The van der Waals surface area contributed by atoms with Crippen LogP contribution in [0.4, 0.5) is 10.8 Å². The Morgan fingerprint density at radius 3 is 2.72 bits per heavy atom. The maximum Gasteiger partial charge on any atom is 0.301 e. The molecule has 1 fully saturated rings. The maximum atomic E-state index is 13.6. The van der Waals surface area contributed by atoms with E-state index in [1.807, 2.05) is 32.9 Å². The monoisotopic (exact) mass is 541 g/mol. The number of aryl methyl sites for hydroxylation is 2. The molecule has 1 saturated heterocycles. The van der Waals surface area contributed by atoms with Crippen molar-refractivity contribution in [3.8, 4) is 5.75 Å². The lowest BCUT2D eigenvalue weighted by Crippen LogP contribution is -2.29. The molecular formula is C29H23N3O6S. The molecule has 1 N–H and O–H groups in total. The van der Waals surface area contributed by atoms with Gasteiger partial charge < -0.3 is 9.84 Å². The number of benzene rings is 3. The van der Waals surface area contributed by atoms with E-state index in [2.05, 4.69) is 0 Å². The van der Waals surface area contributed by atoms with Crippen molar-refractivity contribution in [2.24, 2.45) is 0 Å². The number of Topliss-reactive ketones (excluding diaryl/α,β-unsaturated/α-hetero) is 1. The Labute approximate surface area is 227 Å². The van der Waals surface area contributed by atoms with Crippen LogP contribution in [0.25, 0.3) is 16.0 Å². The number of aliphatic hydroxyl groups excluding tert-OH is 1. The van der Waals surface area contributed by atoms with E-state index in [0.29, 0.717) is 28.8 Å². The Bertz CT molecular complexity index is 1760. The molecule has 6 rings (SSSR count). The highest BCUT2D eigenvalue weighted by Crippen LogP contribution is 2.45. The number of nitrogens with zero attached hydrogens (tertiary/aromatic N) is 3. The van der Waals surface area contributed by atoms with E-state index in [-0.39, 0.29) is 28.3 Å². The van der Waals surface area contributed by atoms with Crippen molar-refractivity contribution in [1.29, 1.82) is 0 Å². The lowest BCUT2D eigenvalue weighted by Gasteiger charge is -2.22. The van der Waals surface area contributed by atoms with Gasteiger partial charge in [-0.3, -0.25) is 24.6 Å². The predicted octanol–water partition coefficient (Wildman–Crippen LogP) is 5.77. The molecule has 2 unspecified atom stereocenters. The molecule has 9 nitrogen and oxygen atoms in total. The predicted molar refractivity (Wildman–Crippen MR) is 147 cm³/mol. The first kappa shape index (κ1) is 24.7. The Hall–Kier alpha value is -4.57. The van der Waals surface area contributed by atoms with Crippen LogP contribution in [-0.2, 0) is 16.0 Å². The number of anilines is 1. The second-order valence-corrected chi connectivity index (χ2v) is 10.9. The number of non-ortho nitro benzene ring substituents is 1. The second kappa shape index (κ2) is 9.02. The minimum absolute atomic E-state index is 0.0148. The minimum Gasteiger partial charge on any atom is -0.507 e. The normalized spacial score (nSPS) is 19.9. The second-order valence-electron chi connectivity index (χ2n) is 9.90. The summed E-state index contributed by atoms with van der Waals surface area (Å²) in [4.78, 5) is 44.1. The number of aromatic nitrogens is 1. The van der Waals surface area contributed by atoms with Crippen LogP contribution in [0.15, 0.2) is 60.2 Å². The van der Waals surface area contributed by atoms with Crippen molar-refractivity contribution in [3.63, 3.8) is 0 Å². The molecular weight excluding hydrogens is 518 g/mol. The van der Waals surface area contributed by atoms with Gasteiger partial charge >= 0.3 is 5.91 Å².